The zero-order chi connectivity index (χ0) is 12.8. The lowest BCUT2D eigenvalue weighted by Gasteiger charge is -1.95. The van der Waals surface area contributed by atoms with Gasteiger partial charge in [0.05, 0.1) is 11.0 Å². The van der Waals surface area contributed by atoms with Crippen LogP contribution in [0.1, 0.15) is 0 Å². The van der Waals surface area contributed by atoms with Crippen molar-refractivity contribution in [3.63, 3.8) is 0 Å². The van der Waals surface area contributed by atoms with Crippen molar-refractivity contribution in [3.05, 3.63) is 54.6 Å². The minimum absolute atomic E-state index is 0.761. The van der Waals surface area contributed by atoms with Crippen LogP contribution in [-0.4, -0.2) is 19.2 Å². The van der Waals surface area contributed by atoms with Crippen LogP contribution in [0.25, 0.3) is 28.2 Å². The molecule has 4 heteroatoms. The number of imidazole rings is 1. The fourth-order valence-corrected chi connectivity index (χ4v) is 2.43. The van der Waals surface area contributed by atoms with E-state index in [9.17, 15) is 0 Å². The summed E-state index contributed by atoms with van der Waals surface area (Å²) in [6, 6.07) is 18.2. The highest BCUT2D eigenvalue weighted by Gasteiger charge is 2.13. The van der Waals surface area contributed by atoms with Gasteiger partial charge >= 0.3 is 0 Å². The third-order valence-electron chi connectivity index (χ3n) is 3.39. The Labute approximate surface area is 109 Å². The molecule has 2 aromatic heterocycles. The first-order valence-corrected chi connectivity index (χ1v) is 6.20. The first kappa shape index (κ1) is 10.3. The van der Waals surface area contributed by atoms with Crippen molar-refractivity contribution in [2.75, 3.05) is 0 Å². The van der Waals surface area contributed by atoms with Crippen LogP contribution in [-0.2, 0) is 7.05 Å². The number of rotatable bonds is 1. The molecule has 0 fully saturated rings. The van der Waals surface area contributed by atoms with Gasteiger partial charge in [-0.25, -0.2) is 0 Å². The monoisotopic (exact) mass is 248 g/mol. The fraction of sp³-hybridized carbons (Fsp3) is 0.0667. The summed E-state index contributed by atoms with van der Waals surface area (Å²) < 4.78 is 3.96. The number of hydrogen-bond donors (Lipinski definition) is 0. The van der Waals surface area contributed by atoms with Crippen molar-refractivity contribution in [2.45, 2.75) is 0 Å². The zero-order valence-electron chi connectivity index (χ0n) is 10.5. The van der Waals surface area contributed by atoms with Crippen molar-refractivity contribution in [2.24, 2.45) is 7.05 Å². The van der Waals surface area contributed by atoms with Crippen LogP contribution in [0.5, 0.6) is 0 Å². The van der Waals surface area contributed by atoms with E-state index in [0.29, 0.717) is 0 Å². The number of fused-ring (bicyclic) bond motifs is 3. The summed E-state index contributed by atoms with van der Waals surface area (Å²) >= 11 is 0. The molecule has 4 rings (SSSR count). The van der Waals surface area contributed by atoms with Crippen LogP contribution in [0, 0.1) is 0 Å². The second-order valence-electron chi connectivity index (χ2n) is 4.56. The van der Waals surface area contributed by atoms with Crippen LogP contribution >= 0.6 is 0 Å². The van der Waals surface area contributed by atoms with Crippen molar-refractivity contribution in [3.8, 4) is 11.4 Å². The highest BCUT2D eigenvalue weighted by Crippen LogP contribution is 2.21. The normalized spacial score (nSPS) is 11.4. The van der Waals surface area contributed by atoms with Gasteiger partial charge in [-0.05, 0) is 12.1 Å². The number of para-hydroxylation sites is 2. The second-order valence-corrected chi connectivity index (χ2v) is 4.56. The average molecular weight is 248 g/mol. The molecule has 2 aromatic carbocycles. The highest BCUT2D eigenvalue weighted by molar-refractivity contribution is 5.80. The van der Waals surface area contributed by atoms with E-state index in [2.05, 4.69) is 26.8 Å². The van der Waals surface area contributed by atoms with Crippen LogP contribution in [0.3, 0.4) is 0 Å². The molecule has 0 N–H and O–H groups in total. The van der Waals surface area contributed by atoms with Gasteiger partial charge < -0.3 is 4.57 Å². The molecule has 0 unspecified atom stereocenters. The van der Waals surface area contributed by atoms with Crippen LogP contribution in [0.15, 0.2) is 54.6 Å². The Hall–Kier alpha value is -2.62. The van der Waals surface area contributed by atoms with Crippen LogP contribution < -0.4 is 0 Å². The lowest BCUT2D eigenvalue weighted by Crippen LogP contribution is -1.88. The SMILES string of the molecule is Cn1c2ccccc2n2nc(-c3ccccc3)nc12. The minimum Gasteiger partial charge on any atom is -0.311 e. The van der Waals surface area contributed by atoms with E-state index in [4.69, 9.17) is 0 Å². The maximum atomic E-state index is 4.63. The van der Waals surface area contributed by atoms with E-state index in [1.165, 1.54) is 0 Å². The molecular weight excluding hydrogens is 236 g/mol. The molecule has 4 aromatic rings. The van der Waals surface area contributed by atoms with Crippen LogP contribution in [0.2, 0.25) is 0 Å². The molecule has 4 nitrogen and oxygen atoms in total. The lowest BCUT2D eigenvalue weighted by atomic mass is 10.2. The van der Waals surface area contributed by atoms with Gasteiger partial charge in [0.15, 0.2) is 5.82 Å². The van der Waals surface area contributed by atoms with E-state index < -0.39 is 0 Å². The molecular formula is C15H12N4. The molecule has 19 heavy (non-hydrogen) atoms. The number of hydrogen-bond acceptors (Lipinski definition) is 2. The molecule has 0 saturated carbocycles. The zero-order valence-corrected chi connectivity index (χ0v) is 10.5. The first-order chi connectivity index (χ1) is 9.34. The Morgan fingerprint density at radius 2 is 1.53 bits per heavy atom. The lowest BCUT2D eigenvalue weighted by molar-refractivity contribution is 0.942. The Morgan fingerprint density at radius 3 is 2.32 bits per heavy atom. The molecule has 0 aliphatic rings. The summed E-state index contributed by atoms with van der Waals surface area (Å²) in [4.78, 5) is 4.63. The largest absolute Gasteiger partial charge is 0.311 e. The highest BCUT2D eigenvalue weighted by atomic mass is 15.4. The Morgan fingerprint density at radius 1 is 0.842 bits per heavy atom. The van der Waals surface area contributed by atoms with E-state index >= 15 is 0 Å². The molecule has 0 saturated heterocycles. The van der Waals surface area contributed by atoms with E-state index in [1.54, 1.807) is 0 Å². The topological polar surface area (TPSA) is 35.1 Å². The third-order valence-corrected chi connectivity index (χ3v) is 3.39. The van der Waals surface area contributed by atoms with Gasteiger partial charge in [0.25, 0.3) is 0 Å². The summed E-state index contributed by atoms with van der Waals surface area (Å²) in [7, 11) is 2.02. The Bertz CT molecular complexity index is 871. The molecule has 0 amide bonds. The molecule has 0 atom stereocenters. The molecule has 2 heterocycles. The number of nitrogens with zero attached hydrogens (tertiary/aromatic N) is 4. The van der Waals surface area contributed by atoms with Crippen molar-refractivity contribution >= 4 is 16.8 Å². The van der Waals surface area contributed by atoms with E-state index in [-0.39, 0.29) is 0 Å². The third kappa shape index (κ3) is 1.40. The van der Waals surface area contributed by atoms with Gasteiger partial charge in [0.2, 0.25) is 5.78 Å². The standard InChI is InChI=1S/C15H12N4/c1-18-12-9-5-6-10-13(12)19-15(18)16-14(17-19)11-7-3-2-4-8-11/h2-10H,1H3. The number of benzene rings is 2. The van der Waals surface area contributed by atoms with Gasteiger partial charge in [-0.2, -0.15) is 9.50 Å². The maximum Gasteiger partial charge on any atom is 0.233 e. The average Bonchev–Trinajstić information content (AvgIpc) is 3.01. The number of aryl methyl sites for hydroxylation is 1. The smallest absolute Gasteiger partial charge is 0.233 e. The molecule has 92 valence electrons. The minimum atomic E-state index is 0.761. The number of aromatic nitrogens is 4. The van der Waals surface area contributed by atoms with Gasteiger partial charge in [-0.1, -0.05) is 42.5 Å². The van der Waals surface area contributed by atoms with Gasteiger partial charge in [-0.3, -0.25) is 0 Å². The molecule has 0 spiro atoms. The van der Waals surface area contributed by atoms with Crippen molar-refractivity contribution in [1.82, 2.24) is 19.2 Å². The maximum absolute atomic E-state index is 4.63. The summed E-state index contributed by atoms with van der Waals surface area (Å²) in [6.07, 6.45) is 0. The molecule has 0 aliphatic heterocycles. The first-order valence-electron chi connectivity index (χ1n) is 6.20. The molecule has 0 bridgehead atoms. The Balaban J connectivity index is 2.05. The van der Waals surface area contributed by atoms with Gasteiger partial charge in [0, 0.05) is 12.6 Å². The van der Waals surface area contributed by atoms with Crippen molar-refractivity contribution < 1.29 is 0 Å². The quantitative estimate of drug-likeness (QED) is 0.519. The van der Waals surface area contributed by atoms with Crippen molar-refractivity contribution in [1.29, 1.82) is 0 Å². The second kappa shape index (κ2) is 3.68. The van der Waals surface area contributed by atoms with Crippen LogP contribution in [0.4, 0.5) is 0 Å². The van der Waals surface area contributed by atoms with Gasteiger partial charge in [-0.15, -0.1) is 5.10 Å². The summed E-state index contributed by atoms with van der Waals surface area (Å²) in [5.41, 5.74) is 3.25. The summed E-state index contributed by atoms with van der Waals surface area (Å²) in [6.45, 7) is 0. The van der Waals surface area contributed by atoms with E-state index in [1.807, 2.05) is 54.0 Å². The summed E-state index contributed by atoms with van der Waals surface area (Å²) in [5.74, 6) is 1.62. The summed E-state index contributed by atoms with van der Waals surface area (Å²) in [5, 5.41) is 4.62. The molecule has 0 aliphatic carbocycles. The molecule has 0 radical (unpaired) electrons. The van der Waals surface area contributed by atoms with Gasteiger partial charge in [0.1, 0.15) is 0 Å². The van der Waals surface area contributed by atoms with E-state index in [0.717, 1.165) is 28.2 Å². The predicted octanol–water partition coefficient (Wildman–Crippen LogP) is 2.89. The fourth-order valence-electron chi connectivity index (χ4n) is 2.43. The Kier molecular flexibility index (Phi) is 2.00. The predicted molar refractivity (Wildman–Crippen MR) is 74.9 cm³/mol.